The minimum absolute atomic E-state index is 0.0680. The average Bonchev–Trinajstić information content (AvgIpc) is 2.57. The van der Waals surface area contributed by atoms with Crippen molar-refractivity contribution in [2.75, 3.05) is 24.7 Å². The van der Waals surface area contributed by atoms with Crippen LogP contribution in [0.2, 0.25) is 0 Å². The first-order valence-corrected chi connectivity index (χ1v) is 12.6. The third-order valence-electron chi connectivity index (χ3n) is 3.54. The van der Waals surface area contributed by atoms with E-state index in [4.69, 9.17) is 17.8 Å². The smallest absolute Gasteiger partial charge is 0.337 e. The Morgan fingerprint density at radius 2 is 1.00 bits per heavy atom. The Morgan fingerprint density at radius 1 is 0.690 bits per heavy atom. The molecular weight excluding hydrogens is 428 g/mol. The lowest BCUT2D eigenvalue weighted by Gasteiger charge is -2.20. The number of carbonyl (C=O) groups excluding carboxylic acids is 2. The molecule has 0 aliphatic heterocycles. The molecule has 12 heteroatoms. The molecule has 10 nitrogen and oxygen atoms in total. The molecule has 0 aliphatic carbocycles. The van der Waals surface area contributed by atoms with Gasteiger partial charge in [-0.3, -0.25) is 8.37 Å². The van der Waals surface area contributed by atoms with Crippen molar-refractivity contribution in [2.45, 2.75) is 60.2 Å². The van der Waals surface area contributed by atoms with E-state index >= 15 is 0 Å². The second-order valence-electron chi connectivity index (χ2n) is 6.90. The maximum absolute atomic E-state index is 12.1. The zero-order chi connectivity index (χ0) is 22.8. The fourth-order valence-corrected chi connectivity index (χ4v) is 4.72. The van der Waals surface area contributed by atoms with Crippen LogP contribution in [0.15, 0.2) is 0 Å². The van der Waals surface area contributed by atoms with Crippen LogP contribution in [0.4, 0.5) is 0 Å². The Labute approximate surface area is 173 Å². The van der Waals surface area contributed by atoms with E-state index in [1.54, 1.807) is 41.5 Å². The molecule has 0 heterocycles. The summed E-state index contributed by atoms with van der Waals surface area (Å²) in [6, 6.07) is 0. The molecular formula is C17H32O10S2. The van der Waals surface area contributed by atoms with Gasteiger partial charge in [-0.2, -0.15) is 16.8 Å². The van der Waals surface area contributed by atoms with Crippen LogP contribution in [-0.4, -0.2) is 65.7 Å². The number of rotatable bonds is 14. The molecule has 29 heavy (non-hydrogen) atoms. The standard InChI is InChI=1S/C17H32O10S2/c1-7-24-16(18)14(12(3)4)26-28(20,21)10-9-11-29(22,23)27-15(13(5)6)17(19)25-8-2/h12-15H,7-11H2,1-6H3. The van der Waals surface area contributed by atoms with Crippen molar-refractivity contribution in [3.8, 4) is 0 Å². The highest BCUT2D eigenvalue weighted by Crippen LogP contribution is 2.16. The van der Waals surface area contributed by atoms with Crippen molar-refractivity contribution in [1.82, 2.24) is 0 Å². The summed E-state index contributed by atoms with van der Waals surface area (Å²) in [7, 11) is -8.39. The van der Waals surface area contributed by atoms with Crippen molar-refractivity contribution in [2.24, 2.45) is 11.8 Å². The molecule has 0 rings (SSSR count). The molecule has 0 aliphatic rings. The Hall–Kier alpha value is -1.24. The first-order valence-electron chi connectivity index (χ1n) is 9.41. The maximum atomic E-state index is 12.1. The third kappa shape index (κ3) is 10.9. The van der Waals surface area contributed by atoms with Crippen LogP contribution in [0.5, 0.6) is 0 Å². The molecule has 0 aromatic heterocycles. The van der Waals surface area contributed by atoms with Gasteiger partial charge in [-0.25, -0.2) is 9.59 Å². The second kappa shape index (κ2) is 12.5. The maximum Gasteiger partial charge on any atom is 0.337 e. The van der Waals surface area contributed by atoms with Crippen LogP contribution in [-0.2, 0) is 47.7 Å². The van der Waals surface area contributed by atoms with Gasteiger partial charge in [0.2, 0.25) is 0 Å². The summed E-state index contributed by atoms with van der Waals surface area (Å²) in [6.07, 6.45) is -2.98. The van der Waals surface area contributed by atoms with E-state index < -0.39 is 67.7 Å². The summed E-state index contributed by atoms with van der Waals surface area (Å²) < 4.78 is 67.9. The predicted octanol–water partition coefficient (Wildman–Crippen LogP) is 1.24. The lowest BCUT2D eigenvalue weighted by molar-refractivity contribution is -0.154. The molecule has 2 atom stereocenters. The van der Waals surface area contributed by atoms with Gasteiger partial charge < -0.3 is 9.47 Å². The normalized spacial score (nSPS) is 14.6. The Kier molecular flexibility index (Phi) is 11.9. The lowest BCUT2D eigenvalue weighted by atomic mass is 10.1. The van der Waals surface area contributed by atoms with E-state index in [1.807, 2.05) is 0 Å². The van der Waals surface area contributed by atoms with Gasteiger partial charge in [-0.15, -0.1) is 0 Å². The highest BCUT2D eigenvalue weighted by molar-refractivity contribution is 7.87. The zero-order valence-corrected chi connectivity index (χ0v) is 19.4. The number of esters is 2. The molecule has 0 amide bonds. The monoisotopic (exact) mass is 460 g/mol. The molecule has 0 bridgehead atoms. The Balaban J connectivity index is 4.92. The average molecular weight is 461 g/mol. The molecule has 2 unspecified atom stereocenters. The second-order valence-corrected chi connectivity index (χ2v) is 10.3. The van der Waals surface area contributed by atoms with Gasteiger partial charge in [0.05, 0.1) is 24.7 Å². The van der Waals surface area contributed by atoms with Crippen LogP contribution in [0.3, 0.4) is 0 Å². The van der Waals surface area contributed by atoms with Gasteiger partial charge >= 0.3 is 11.9 Å². The lowest BCUT2D eigenvalue weighted by Crippen LogP contribution is -2.35. The van der Waals surface area contributed by atoms with Crippen LogP contribution in [0.1, 0.15) is 48.0 Å². The Bertz CT molecular complexity index is 663. The van der Waals surface area contributed by atoms with Crippen molar-refractivity contribution in [3.63, 3.8) is 0 Å². The molecule has 0 radical (unpaired) electrons. The topological polar surface area (TPSA) is 139 Å². The van der Waals surface area contributed by atoms with Crippen molar-refractivity contribution >= 4 is 32.2 Å². The van der Waals surface area contributed by atoms with Gasteiger partial charge in [0.25, 0.3) is 20.2 Å². The third-order valence-corrected chi connectivity index (χ3v) is 6.12. The van der Waals surface area contributed by atoms with E-state index in [0.29, 0.717) is 0 Å². The number of carbonyl (C=O) groups is 2. The van der Waals surface area contributed by atoms with E-state index in [2.05, 4.69) is 0 Å². The van der Waals surface area contributed by atoms with Crippen molar-refractivity contribution in [1.29, 1.82) is 0 Å². The predicted molar refractivity (Wildman–Crippen MR) is 105 cm³/mol. The quantitative estimate of drug-likeness (QED) is 0.275. The summed E-state index contributed by atoms with van der Waals surface area (Å²) in [4.78, 5) is 23.7. The molecule has 0 aromatic rings. The summed E-state index contributed by atoms with van der Waals surface area (Å²) in [5.74, 6) is -3.85. The van der Waals surface area contributed by atoms with Crippen molar-refractivity contribution in [3.05, 3.63) is 0 Å². The van der Waals surface area contributed by atoms with Crippen LogP contribution in [0.25, 0.3) is 0 Å². The van der Waals surface area contributed by atoms with Gasteiger partial charge in [0.15, 0.2) is 12.2 Å². The molecule has 0 saturated carbocycles. The van der Waals surface area contributed by atoms with Gasteiger partial charge in [0.1, 0.15) is 0 Å². The summed E-state index contributed by atoms with van der Waals surface area (Å²) >= 11 is 0. The number of hydrogen-bond donors (Lipinski definition) is 0. The van der Waals surface area contributed by atoms with Crippen LogP contribution < -0.4 is 0 Å². The van der Waals surface area contributed by atoms with Crippen molar-refractivity contribution < 1.29 is 44.3 Å². The largest absolute Gasteiger partial charge is 0.464 e. The summed E-state index contributed by atoms with van der Waals surface area (Å²) in [6.45, 7) is 9.67. The van der Waals surface area contributed by atoms with Gasteiger partial charge in [0, 0.05) is 0 Å². The Morgan fingerprint density at radius 3 is 1.24 bits per heavy atom. The van der Waals surface area contributed by atoms with Gasteiger partial charge in [-0.1, -0.05) is 27.7 Å². The first kappa shape index (κ1) is 27.8. The molecule has 0 aromatic carbocycles. The summed E-state index contributed by atoms with van der Waals surface area (Å²) in [5.41, 5.74) is 0. The van der Waals surface area contributed by atoms with E-state index in [-0.39, 0.29) is 19.6 Å². The van der Waals surface area contributed by atoms with Crippen LogP contribution in [0, 0.1) is 11.8 Å². The minimum atomic E-state index is -4.19. The van der Waals surface area contributed by atoms with E-state index in [9.17, 15) is 26.4 Å². The van der Waals surface area contributed by atoms with Gasteiger partial charge in [-0.05, 0) is 32.1 Å². The number of ether oxygens (including phenoxy) is 2. The minimum Gasteiger partial charge on any atom is -0.464 e. The molecule has 0 saturated heterocycles. The number of hydrogen-bond acceptors (Lipinski definition) is 10. The first-order chi connectivity index (χ1) is 13.3. The fourth-order valence-electron chi connectivity index (χ4n) is 2.12. The van der Waals surface area contributed by atoms with E-state index in [0.717, 1.165) is 0 Å². The van der Waals surface area contributed by atoms with E-state index in [1.165, 1.54) is 0 Å². The zero-order valence-electron chi connectivity index (χ0n) is 17.7. The fraction of sp³-hybridized carbons (Fsp3) is 0.882. The summed E-state index contributed by atoms with van der Waals surface area (Å²) in [5, 5.41) is 0. The molecule has 172 valence electrons. The molecule has 0 spiro atoms. The highest BCUT2D eigenvalue weighted by Gasteiger charge is 2.32. The molecule has 0 N–H and O–H groups in total. The molecule has 0 fully saturated rings. The van der Waals surface area contributed by atoms with Crippen LogP contribution >= 0.6 is 0 Å². The SMILES string of the molecule is CCOC(=O)C(OS(=O)(=O)CCCS(=O)(=O)OC(C(=O)OCC)C(C)C)C(C)C. The highest BCUT2D eigenvalue weighted by atomic mass is 32.2.